The van der Waals surface area contributed by atoms with Crippen molar-refractivity contribution >= 4 is 23.2 Å². The molecule has 30 heavy (non-hydrogen) atoms. The van der Waals surface area contributed by atoms with E-state index in [-0.39, 0.29) is 23.1 Å². The molecule has 0 atom stereocenters. The van der Waals surface area contributed by atoms with Crippen molar-refractivity contribution in [2.75, 3.05) is 24.3 Å². The second-order valence-electron chi connectivity index (χ2n) is 10.4. The van der Waals surface area contributed by atoms with E-state index in [2.05, 4.69) is 35.9 Å². The van der Waals surface area contributed by atoms with Gasteiger partial charge in [0.1, 0.15) is 0 Å². The smallest absolute Gasteiger partial charge is 0.226 e. The van der Waals surface area contributed by atoms with Gasteiger partial charge in [-0.15, -0.1) is 0 Å². The first-order valence-corrected chi connectivity index (χ1v) is 11.4. The third kappa shape index (κ3) is 7.03. The standard InChI is InChI=1S/C25H41N3O2/c1-18(2)24(30)26-20-13-14-22(27(6)7)19(15-20)17-28(21-11-9-8-10-12-21)23(29)16-25(3,4)5/h13-15,18,21H,8-12,16-17H2,1-7H3,(H,26,30). The van der Waals surface area contributed by atoms with Crippen molar-refractivity contribution in [1.29, 1.82) is 0 Å². The van der Waals surface area contributed by atoms with Crippen LogP contribution in [-0.4, -0.2) is 36.9 Å². The summed E-state index contributed by atoms with van der Waals surface area (Å²) in [6.45, 7) is 10.7. The molecule has 5 heteroatoms. The van der Waals surface area contributed by atoms with E-state index in [0.717, 1.165) is 29.8 Å². The highest BCUT2D eigenvalue weighted by Crippen LogP contribution is 2.31. The highest BCUT2D eigenvalue weighted by atomic mass is 16.2. The first kappa shape index (κ1) is 24.2. The second-order valence-corrected chi connectivity index (χ2v) is 10.4. The van der Waals surface area contributed by atoms with Crippen LogP contribution in [0.5, 0.6) is 0 Å². The van der Waals surface area contributed by atoms with Crippen LogP contribution < -0.4 is 10.2 Å². The fourth-order valence-corrected chi connectivity index (χ4v) is 4.07. The SMILES string of the molecule is CC(C)C(=O)Nc1ccc(N(C)C)c(CN(C(=O)CC(C)(C)C)C2CCCCC2)c1. The van der Waals surface area contributed by atoms with E-state index < -0.39 is 0 Å². The summed E-state index contributed by atoms with van der Waals surface area (Å²) in [6, 6.07) is 6.33. The predicted molar refractivity (Wildman–Crippen MR) is 126 cm³/mol. The van der Waals surface area contributed by atoms with Crippen molar-refractivity contribution < 1.29 is 9.59 Å². The molecule has 168 valence electrons. The van der Waals surface area contributed by atoms with Crippen LogP contribution in [0.4, 0.5) is 11.4 Å². The van der Waals surface area contributed by atoms with Crippen molar-refractivity contribution in [3.8, 4) is 0 Å². The van der Waals surface area contributed by atoms with Gasteiger partial charge in [-0.25, -0.2) is 0 Å². The van der Waals surface area contributed by atoms with Crippen LogP contribution in [0.25, 0.3) is 0 Å². The lowest BCUT2D eigenvalue weighted by atomic mass is 9.89. The molecule has 1 aromatic carbocycles. The summed E-state index contributed by atoms with van der Waals surface area (Å²) in [6.07, 6.45) is 6.35. The molecular weight excluding hydrogens is 374 g/mol. The fraction of sp³-hybridized carbons (Fsp3) is 0.680. The van der Waals surface area contributed by atoms with Gasteiger partial charge < -0.3 is 15.1 Å². The van der Waals surface area contributed by atoms with Gasteiger partial charge in [0.2, 0.25) is 11.8 Å². The molecule has 1 saturated carbocycles. The van der Waals surface area contributed by atoms with E-state index in [1.54, 1.807) is 0 Å². The quantitative estimate of drug-likeness (QED) is 0.645. The number of hydrogen-bond acceptors (Lipinski definition) is 3. The third-order valence-electron chi connectivity index (χ3n) is 5.71. The molecule has 2 rings (SSSR count). The maximum Gasteiger partial charge on any atom is 0.226 e. The Bertz CT molecular complexity index is 728. The van der Waals surface area contributed by atoms with Crippen LogP contribution in [0.2, 0.25) is 0 Å². The molecule has 0 aromatic heterocycles. The summed E-state index contributed by atoms with van der Waals surface area (Å²) in [5.74, 6) is 0.163. The molecular formula is C25H41N3O2. The number of rotatable bonds is 7. The molecule has 0 aliphatic heterocycles. The van der Waals surface area contributed by atoms with Gasteiger partial charge in [-0.05, 0) is 42.0 Å². The van der Waals surface area contributed by atoms with Crippen LogP contribution in [0.3, 0.4) is 0 Å². The largest absolute Gasteiger partial charge is 0.377 e. The summed E-state index contributed by atoms with van der Waals surface area (Å²) in [5.41, 5.74) is 2.92. The van der Waals surface area contributed by atoms with Crippen LogP contribution >= 0.6 is 0 Å². The molecule has 0 saturated heterocycles. The van der Waals surface area contributed by atoms with E-state index in [1.165, 1.54) is 19.3 Å². The Balaban J connectivity index is 2.35. The minimum absolute atomic E-state index is 0.00602. The van der Waals surface area contributed by atoms with Gasteiger partial charge >= 0.3 is 0 Å². The summed E-state index contributed by atoms with van der Waals surface area (Å²) in [7, 11) is 4.04. The van der Waals surface area contributed by atoms with Crippen molar-refractivity contribution in [3.63, 3.8) is 0 Å². The van der Waals surface area contributed by atoms with E-state index in [1.807, 2.05) is 46.1 Å². The molecule has 5 nitrogen and oxygen atoms in total. The number of benzene rings is 1. The molecule has 1 aromatic rings. The molecule has 0 heterocycles. The number of carbonyl (C=O) groups excluding carboxylic acids is 2. The molecule has 0 bridgehead atoms. The highest BCUT2D eigenvalue weighted by Gasteiger charge is 2.29. The van der Waals surface area contributed by atoms with Crippen molar-refractivity contribution in [1.82, 2.24) is 4.90 Å². The number of hydrogen-bond donors (Lipinski definition) is 1. The van der Waals surface area contributed by atoms with Crippen molar-refractivity contribution in [2.24, 2.45) is 11.3 Å². The Morgan fingerprint density at radius 3 is 2.27 bits per heavy atom. The summed E-state index contributed by atoms with van der Waals surface area (Å²) >= 11 is 0. The van der Waals surface area contributed by atoms with Gasteiger partial charge in [0.15, 0.2) is 0 Å². The first-order valence-electron chi connectivity index (χ1n) is 11.4. The first-order chi connectivity index (χ1) is 14.0. The predicted octanol–water partition coefficient (Wildman–Crippen LogP) is 5.44. The Labute approximate surface area is 183 Å². The number of nitrogens with zero attached hydrogens (tertiary/aromatic N) is 2. The summed E-state index contributed by atoms with van der Waals surface area (Å²) in [5, 5.41) is 3.01. The van der Waals surface area contributed by atoms with Crippen molar-refractivity contribution in [3.05, 3.63) is 23.8 Å². The van der Waals surface area contributed by atoms with Gasteiger partial charge in [-0.1, -0.05) is 53.9 Å². The van der Waals surface area contributed by atoms with E-state index in [9.17, 15) is 9.59 Å². The topological polar surface area (TPSA) is 52.7 Å². The zero-order valence-electron chi connectivity index (χ0n) is 20.0. The Morgan fingerprint density at radius 2 is 1.73 bits per heavy atom. The van der Waals surface area contributed by atoms with Crippen LogP contribution in [0.15, 0.2) is 18.2 Å². The van der Waals surface area contributed by atoms with Crippen molar-refractivity contribution in [2.45, 2.75) is 85.7 Å². The molecule has 1 N–H and O–H groups in total. The van der Waals surface area contributed by atoms with Crippen LogP contribution in [0.1, 0.15) is 78.7 Å². The molecule has 0 radical (unpaired) electrons. The van der Waals surface area contributed by atoms with Gasteiger partial charge in [0.25, 0.3) is 0 Å². The number of nitrogens with one attached hydrogen (secondary N) is 1. The van der Waals surface area contributed by atoms with Gasteiger partial charge in [-0.2, -0.15) is 0 Å². The van der Waals surface area contributed by atoms with Gasteiger partial charge in [0, 0.05) is 50.4 Å². The lowest BCUT2D eigenvalue weighted by molar-refractivity contribution is -0.137. The third-order valence-corrected chi connectivity index (χ3v) is 5.71. The summed E-state index contributed by atoms with van der Waals surface area (Å²) in [4.78, 5) is 29.7. The average molecular weight is 416 g/mol. The maximum atomic E-state index is 13.3. The fourth-order valence-electron chi connectivity index (χ4n) is 4.07. The number of anilines is 2. The molecule has 2 amide bonds. The molecule has 0 unspecified atom stereocenters. The monoisotopic (exact) mass is 415 g/mol. The van der Waals surface area contributed by atoms with Gasteiger partial charge in [-0.3, -0.25) is 9.59 Å². The van der Waals surface area contributed by atoms with Crippen LogP contribution in [0, 0.1) is 11.3 Å². The van der Waals surface area contributed by atoms with E-state index in [0.29, 0.717) is 19.0 Å². The minimum Gasteiger partial charge on any atom is -0.377 e. The number of amides is 2. The maximum absolute atomic E-state index is 13.3. The Morgan fingerprint density at radius 1 is 1.10 bits per heavy atom. The normalized spacial score (nSPS) is 15.2. The Kier molecular flexibility index (Phi) is 8.34. The number of carbonyl (C=O) groups is 2. The lowest BCUT2D eigenvalue weighted by Crippen LogP contribution is -2.42. The molecule has 1 aliphatic carbocycles. The zero-order valence-corrected chi connectivity index (χ0v) is 20.0. The molecule has 0 spiro atoms. The van der Waals surface area contributed by atoms with E-state index >= 15 is 0 Å². The highest BCUT2D eigenvalue weighted by molar-refractivity contribution is 5.92. The molecule has 1 fully saturated rings. The zero-order chi connectivity index (χ0) is 22.5. The lowest BCUT2D eigenvalue weighted by Gasteiger charge is -2.37. The van der Waals surface area contributed by atoms with Gasteiger partial charge in [0.05, 0.1) is 0 Å². The average Bonchev–Trinajstić information content (AvgIpc) is 2.65. The van der Waals surface area contributed by atoms with E-state index in [4.69, 9.17) is 0 Å². The van der Waals surface area contributed by atoms with Crippen LogP contribution in [-0.2, 0) is 16.1 Å². The summed E-state index contributed by atoms with van der Waals surface area (Å²) < 4.78 is 0. The Hall–Kier alpha value is -2.04. The molecule has 1 aliphatic rings. The second kappa shape index (κ2) is 10.3. The minimum atomic E-state index is -0.0749.